The van der Waals surface area contributed by atoms with Crippen LogP contribution in [0.3, 0.4) is 0 Å². The number of nitrogens with zero attached hydrogens (tertiary/aromatic N) is 1. The number of para-hydroxylation sites is 2. The summed E-state index contributed by atoms with van der Waals surface area (Å²) in [6, 6.07) is 14.7. The van der Waals surface area contributed by atoms with Gasteiger partial charge < -0.3 is 9.47 Å². The summed E-state index contributed by atoms with van der Waals surface area (Å²) in [5.74, 6) is 0.737. The van der Waals surface area contributed by atoms with Crippen molar-refractivity contribution in [1.82, 2.24) is 5.43 Å². The van der Waals surface area contributed by atoms with Gasteiger partial charge in [0.15, 0.2) is 18.1 Å². The van der Waals surface area contributed by atoms with Crippen LogP contribution in [0.15, 0.2) is 58.1 Å². The number of methoxy groups -OCH3 is 1. The van der Waals surface area contributed by atoms with Crippen LogP contribution < -0.4 is 14.9 Å². The summed E-state index contributed by atoms with van der Waals surface area (Å²) in [5, 5.41) is 3.88. The van der Waals surface area contributed by atoms with E-state index in [9.17, 15) is 4.79 Å². The zero-order chi connectivity index (χ0) is 15.8. The average Bonchev–Trinajstić information content (AvgIpc) is 2.53. The summed E-state index contributed by atoms with van der Waals surface area (Å²) < 4.78 is 11.5. The van der Waals surface area contributed by atoms with Gasteiger partial charge in [-0.1, -0.05) is 40.2 Å². The highest BCUT2D eigenvalue weighted by Crippen LogP contribution is 2.25. The topological polar surface area (TPSA) is 59.9 Å². The number of halogens is 1. The van der Waals surface area contributed by atoms with Gasteiger partial charge in [0.05, 0.1) is 13.3 Å². The summed E-state index contributed by atoms with van der Waals surface area (Å²) >= 11 is 3.37. The molecular weight excluding hydrogens is 348 g/mol. The Morgan fingerprint density at radius 3 is 2.73 bits per heavy atom. The van der Waals surface area contributed by atoms with E-state index in [1.807, 2.05) is 30.3 Å². The second kappa shape index (κ2) is 8.19. The van der Waals surface area contributed by atoms with Crippen molar-refractivity contribution in [3.63, 3.8) is 0 Å². The molecule has 0 fully saturated rings. The summed E-state index contributed by atoms with van der Waals surface area (Å²) in [4.78, 5) is 11.7. The molecule has 1 amide bonds. The molecule has 0 aliphatic heterocycles. The molecule has 114 valence electrons. The molecule has 0 aromatic heterocycles. The van der Waals surface area contributed by atoms with Gasteiger partial charge in [0, 0.05) is 4.47 Å². The zero-order valence-corrected chi connectivity index (χ0v) is 13.5. The minimum absolute atomic E-state index is 0.143. The van der Waals surface area contributed by atoms with Crippen LogP contribution >= 0.6 is 15.9 Å². The van der Waals surface area contributed by atoms with E-state index in [1.165, 1.54) is 0 Å². The molecule has 5 nitrogen and oxygen atoms in total. The van der Waals surface area contributed by atoms with Crippen molar-refractivity contribution in [2.75, 3.05) is 13.7 Å². The van der Waals surface area contributed by atoms with Crippen LogP contribution in [0.1, 0.15) is 5.56 Å². The minimum atomic E-state index is -0.350. The molecule has 0 saturated carbocycles. The number of carbonyl (C=O) groups is 1. The van der Waals surface area contributed by atoms with E-state index in [0.29, 0.717) is 11.5 Å². The number of benzene rings is 2. The standard InChI is InChI=1S/C16H15BrN2O3/c1-21-14-7-2-3-8-15(14)22-11-16(20)19-18-10-12-5-4-6-13(17)9-12/h2-10H,11H2,1H3,(H,19,20)/b18-10-. The minimum Gasteiger partial charge on any atom is -0.493 e. The van der Waals surface area contributed by atoms with Crippen molar-refractivity contribution >= 4 is 28.1 Å². The van der Waals surface area contributed by atoms with Crippen LogP contribution in [0.25, 0.3) is 0 Å². The lowest BCUT2D eigenvalue weighted by Crippen LogP contribution is -2.24. The number of carbonyl (C=O) groups excluding carboxylic acids is 1. The highest BCUT2D eigenvalue weighted by molar-refractivity contribution is 9.10. The fourth-order valence-corrected chi connectivity index (χ4v) is 2.10. The molecule has 0 spiro atoms. The quantitative estimate of drug-likeness (QED) is 0.634. The van der Waals surface area contributed by atoms with Gasteiger partial charge in [-0.25, -0.2) is 5.43 Å². The third-order valence-corrected chi connectivity index (χ3v) is 3.17. The van der Waals surface area contributed by atoms with Crippen molar-refractivity contribution in [2.24, 2.45) is 5.10 Å². The van der Waals surface area contributed by atoms with Gasteiger partial charge in [-0.15, -0.1) is 0 Å². The van der Waals surface area contributed by atoms with E-state index in [2.05, 4.69) is 26.5 Å². The molecule has 2 aromatic carbocycles. The van der Waals surface area contributed by atoms with Crippen LogP contribution in [-0.2, 0) is 4.79 Å². The van der Waals surface area contributed by atoms with E-state index in [-0.39, 0.29) is 12.5 Å². The normalized spacial score (nSPS) is 10.5. The van der Waals surface area contributed by atoms with E-state index in [4.69, 9.17) is 9.47 Å². The fraction of sp³-hybridized carbons (Fsp3) is 0.125. The predicted molar refractivity (Wildman–Crippen MR) is 88.4 cm³/mol. The van der Waals surface area contributed by atoms with Gasteiger partial charge in [0.2, 0.25) is 0 Å². The molecule has 0 saturated heterocycles. The third-order valence-electron chi connectivity index (χ3n) is 2.68. The predicted octanol–water partition coefficient (Wildman–Crippen LogP) is 2.99. The van der Waals surface area contributed by atoms with Gasteiger partial charge in [0.25, 0.3) is 5.91 Å². The first-order valence-corrected chi connectivity index (χ1v) is 7.31. The van der Waals surface area contributed by atoms with Crippen LogP contribution in [-0.4, -0.2) is 25.8 Å². The summed E-state index contributed by atoms with van der Waals surface area (Å²) in [6.45, 7) is -0.143. The molecule has 1 N–H and O–H groups in total. The molecule has 0 heterocycles. The maximum Gasteiger partial charge on any atom is 0.277 e. The lowest BCUT2D eigenvalue weighted by molar-refractivity contribution is -0.123. The SMILES string of the molecule is COc1ccccc1OCC(=O)N/N=C\c1cccc(Br)c1. The second-order valence-corrected chi connectivity index (χ2v) is 5.20. The number of ether oxygens (including phenoxy) is 2. The van der Waals surface area contributed by atoms with E-state index in [1.54, 1.807) is 31.5 Å². The Hall–Kier alpha value is -2.34. The number of nitrogens with one attached hydrogen (secondary N) is 1. The number of amides is 1. The molecule has 6 heteroatoms. The molecule has 0 aliphatic rings. The first kappa shape index (κ1) is 16.0. The van der Waals surface area contributed by atoms with E-state index in [0.717, 1.165) is 10.0 Å². The summed E-state index contributed by atoms with van der Waals surface area (Å²) in [7, 11) is 1.55. The smallest absolute Gasteiger partial charge is 0.277 e. The van der Waals surface area contributed by atoms with Gasteiger partial charge in [-0.2, -0.15) is 5.10 Å². The molecule has 22 heavy (non-hydrogen) atoms. The largest absolute Gasteiger partial charge is 0.493 e. The van der Waals surface area contributed by atoms with Gasteiger partial charge in [-0.05, 0) is 29.8 Å². The number of hydrogen-bond acceptors (Lipinski definition) is 4. The van der Waals surface area contributed by atoms with Crippen molar-refractivity contribution in [1.29, 1.82) is 0 Å². The number of hydrogen-bond donors (Lipinski definition) is 1. The van der Waals surface area contributed by atoms with Gasteiger partial charge >= 0.3 is 0 Å². The highest BCUT2D eigenvalue weighted by Gasteiger charge is 2.05. The molecule has 2 aromatic rings. The third kappa shape index (κ3) is 4.89. The highest BCUT2D eigenvalue weighted by atomic mass is 79.9. The molecule has 0 aliphatic carbocycles. The Balaban J connectivity index is 1.83. The van der Waals surface area contributed by atoms with Crippen molar-refractivity contribution < 1.29 is 14.3 Å². The molecule has 0 atom stereocenters. The van der Waals surface area contributed by atoms with Crippen LogP contribution in [0.5, 0.6) is 11.5 Å². The lowest BCUT2D eigenvalue weighted by atomic mass is 10.2. The Morgan fingerprint density at radius 2 is 2.00 bits per heavy atom. The average molecular weight is 363 g/mol. The van der Waals surface area contributed by atoms with E-state index < -0.39 is 0 Å². The van der Waals surface area contributed by atoms with Crippen molar-refractivity contribution in [3.8, 4) is 11.5 Å². The first-order valence-electron chi connectivity index (χ1n) is 6.52. The lowest BCUT2D eigenvalue weighted by Gasteiger charge is -2.09. The Labute approximate surface area is 137 Å². The molecule has 0 radical (unpaired) electrons. The fourth-order valence-electron chi connectivity index (χ4n) is 1.68. The van der Waals surface area contributed by atoms with Crippen LogP contribution in [0.4, 0.5) is 0 Å². The monoisotopic (exact) mass is 362 g/mol. The first-order chi connectivity index (χ1) is 10.7. The summed E-state index contributed by atoms with van der Waals surface area (Å²) in [5.41, 5.74) is 3.28. The summed E-state index contributed by atoms with van der Waals surface area (Å²) in [6.07, 6.45) is 1.56. The molecular formula is C16H15BrN2O3. The van der Waals surface area contributed by atoms with Gasteiger partial charge in [-0.3, -0.25) is 4.79 Å². The van der Waals surface area contributed by atoms with Crippen molar-refractivity contribution in [3.05, 3.63) is 58.6 Å². The Bertz CT molecular complexity index is 674. The maximum absolute atomic E-state index is 11.7. The Morgan fingerprint density at radius 1 is 1.23 bits per heavy atom. The zero-order valence-electron chi connectivity index (χ0n) is 12.0. The maximum atomic E-state index is 11.7. The molecule has 0 bridgehead atoms. The van der Waals surface area contributed by atoms with Crippen molar-refractivity contribution in [2.45, 2.75) is 0 Å². The number of rotatable bonds is 6. The van der Waals surface area contributed by atoms with Gasteiger partial charge in [0.1, 0.15) is 0 Å². The molecule has 0 unspecified atom stereocenters. The number of hydrazone groups is 1. The second-order valence-electron chi connectivity index (χ2n) is 4.29. The Kier molecular flexibility index (Phi) is 5.97. The van der Waals surface area contributed by atoms with Crippen LogP contribution in [0, 0.1) is 0 Å². The van der Waals surface area contributed by atoms with E-state index >= 15 is 0 Å². The van der Waals surface area contributed by atoms with Crippen LogP contribution in [0.2, 0.25) is 0 Å². The molecule has 2 rings (SSSR count).